The topological polar surface area (TPSA) is 79.0 Å². The summed E-state index contributed by atoms with van der Waals surface area (Å²) in [6, 6.07) is 6.86. The summed E-state index contributed by atoms with van der Waals surface area (Å²) in [5.41, 5.74) is -1.69. The highest BCUT2D eigenvalue weighted by Gasteiger charge is 2.30. The molecule has 1 aromatic heterocycles. The first-order valence-electron chi connectivity index (χ1n) is 6.41. The number of hydrogen-bond donors (Lipinski definition) is 2. The normalized spacial score (nSPS) is 11.1. The van der Waals surface area contributed by atoms with Crippen LogP contribution in [-0.2, 0) is 11.0 Å². The molecule has 0 fully saturated rings. The predicted molar refractivity (Wildman–Crippen MR) is 75.6 cm³/mol. The Bertz CT molecular complexity index is 825. The van der Waals surface area contributed by atoms with Crippen LogP contribution in [0.2, 0.25) is 0 Å². The third-order valence-electron chi connectivity index (χ3n) is 2.94. The summed E-state index contributed by atoms with van der Waals surface area (Å²) in [6.07, 6.45) is -4.50. The molecule has 0 aliphatic rings. The molecule has 1 aromatic carbocycles. The lowest BCUT2D eigenvalue weighted by Crippen LogP contribution is -2.32. The predicted octanol–water partition coefficient (Wildman–Crippen LogP) is 2.34. The second-order valence-electron chi connectivity index (χ2n) is 4.70. The van der Waals surface area contributed by atoms with Crippen LogP contribution in [0.1, 0.15) is 22.8 Å². The Balaban J connectivity index is 2.40. The standard InChI is InChI=1S/C15H11F3N2O3/c1-8(21)19-13(22)11-5-6-12(20-14(11)23)9-3-2-4-10(7-9)15(16,17)18/h2-7H,1H3,(H,20,23)(H,19,21,22). The third-order valence-corrected chi connectivity index (χ3v) is 2.94. The molecule has 120 valence electrons. The number of carbonyl (C=O) groups is 2. The van der Waals surface area contributed by atoms with Crippen LogP contribution in [0.15, 0.2) is 41.2 Å². The fourth-order valence-electron chi connectivity index (χ4n) is 1.91. The maximum atomic E-state index is 12.7. The molecule has 2 amide bonds. The largest absolute Gasteiger partial charge is 0.416 e. The summed E-state index contributed by atoms with van der Waals surface area (Å²) >= 11 is 0. The molecule has 2 N–H and O–H groups in total. The first kappa shape index (κ1) is 16.5. The van der Waals surface area contributed by atoms with Gasteiger partial charge in [0.25, 0.3) is 11.5 Å². The van der Waals surface area contributed by atoms with Gasteiger partial charge in [-0.05, 0) is 29.8 Å². The number of amides is 2. The molecule has 0 spiro atoms. The molecule has 0 unspecified atom stereocenters. The second-order valence-corrected chi connectivity index (χ2v) is 4.70. The minimum absolute atomic E-state index is 0.125. The number of aromatic amines is 1. The first-order chi connectivity index (χ1) is 10.7. The number of aromatic nitrogens is 1. The van der Waals surface area contributed by atoms with E-state index in [2.05, 4.69) is 4.98 Å². The highest BCUT2D eigenvalue weighted by atomic mass is 19.4. The lowest BCUT2D eigenvalue weighted by molar-refractivity contribution is -0.137. The Labute approximate surface area is 128 Å². The number of carbonyl (C=O) groups excluding carboxylic acids is 2. The first-order valence-corrected chi connectivity index (χ1v) is 6.41. The molecule has 0 aliphatic heterocycles. The number of imide groups is 1. The van der Waals surface area contributed by atoms with E-state index in [0.29, 0.717) is 0 Å². The molecule has 23 heavy (non-hydrogen) atoms. The molecular weight excluding hydrogens is 313 g/mol. The molecule has 0 radical (unpaired) electrons. The van der Waals surface area contributed by atoms with Gasteiger partial charge in [-0.25, -0.2) is 0 Å². The quantitative estimate of drug-likeness (QED) is 0.890. The lowest BCUT2D eigenvalue weighted by Gasteiger charge is -2.09. The number of benzene rings is 1. The Morgan fingerprint density at radius 2 is 1.83 bits per heavy atom. The van der Waals surface area contributed by atoms with Crippen molar-refractivity contribution in [3.8, 4) is 11.3 Å². The van der Waals surface area contributed by atoms with Crippen LogP contribution in [0.25, 0.3) is 11.3 Å². The Kier molecular flexibility index (Phi) is 4.35. The highest BCUT2D eigenvalue weighted by molar-refractivity contribution is 6.03. The highest BCUT2D eigenvalue weighted by Crippen LogP contribution is 2.31. The van der Waals surface area contributed by atoms with Gasteiger partial charge in [-0.2, -0.15) is 13.2 Å². The van der Waals surface area contributed by atoms with Crippen LogP contribution >= 0.6 is 0 Å². The van der Waals surface area contributed by atoms with E-state index >= 15 is 0 Å². The van der Waals surface area contributed by atoms with Crippen LogP contribution < -0.4 is 10.9 Å². The number of H-pyrrole nitrogens is 1. The van der Waals surface area contributed by atoms with Gasteiger partial charge in [-0.3, -0.25) is 19.7 Å². The van der Waals surface area contributed by atoms with Crippen molar-refractivity contribution in [2.75, 3.05) is 0 Å². The maximum Gasteiger partial charge on any atom is 0.416 e. The molecule has 1 heterocycles. The van der Waals surface area contributed by atoms with Crippen molar-refractivity contribution in [1.29, 1.82) is 0 Å². The molecule has 0 saturated heterocycles. The van der Waals surface area contributed by atoms with Gasteiger partial charge in [0.15, 0.2) is 0 Å². The molecular formula is C15H11F3N2O3. The van der Waals surface area contributed by atoms with E-state index in [4.69, 9.17) is 0 Å². The number of pyridine rings is 1. The van der Waals surface area contributed by atoms with E-state index in [1.807, 2.05) is 5.32 Å². The Morgan fingerprint density at radius 3 is 2.39 bits per heavy atom. The van der Waals surface area contributed by atoms with Crippen LogP contribution in [0.4, 0.5) is 13.2 Å². The molecule has 0 saturated carbocycles. The SMILES string of the molecule is CC(=O)NC(=O)c1ccc(-c2cccc(C(F)(F)F)c2)[nH]c1=O. The molecule has 0 atom stereocenters. The maximum absolute atomic E-state index is 12.7. The van der Waals surface area contributed by atoms with Gasteiger partial charge in [0.05, 0.1) is 5.56 Å². The van der Waals surface area contributed by atoms with Crippen molar-refractivity contribution in [3.05, 3.63) is 57.9 Å². The van der Waals surface area contributed by atoms with E-state index < -0.39 is 29.1 Å². The van der Waals surface area contributed by atoms with Crippen molar-refractivity contribution in [3.63, 3.8) is 0 Å². The molecule has 0 aliphatic carbocycles. The Morgan fingerprint density at radius 1 is 1.13 bits per heavy atom. The van der Waals surface area contributed by atoms with E-state index in [-0.39, 0.29) is 16.8 Å². The summed E-state index contributed by atoms with van der Waals surface area (Å²) in [5.74, 6) is -1.51. The number of hydrogen-bond acceptors (Lipinski definition) is 3. The molecule has 8 heteroatoms. The summed E-state index contributed by atoms with van der Waals surface area (Å²) in [7, 11) is 0. The van der Waals surface area contributed by atoms with Gasteiger partial charge in [-0.15, -0.1) is 0 Å². The van der Waals surface area contributed by atoms with Crippen molar-refractivity contribution in [2.45, 2.75) is 13.1 Å². The number of rotatable bonds is 2. The summed E-state index contributed by atoms with van der Waals surface area (Å²) in [4.78, 5) is 36.6. The van der Waals surface area contributed by atoms with E-state index in [1.54, 1.807) is 0 Å². The van der Waals surface area contributed by atoms with Crippen LogP contribution in [-0.4, -0.2) is 16.8 Å². The number of halogens is 3. The second kappa shape index (κ2) is 6.07. The zero-order valence-corrected chi connectivity index (χ0v) is 11.8. The van der Waals surface area contributed by atoms with E-state index in [1.165, 1.54) is 18.2 Å². The minimum atomic E-state index is -4.50. The van der Waals surface area contributed by atoms with Gasteiger partial charge in [-0.1, -0.05) is 12.1 Å². The fraction of sp³-hybridized carbons (Fsp3) is 0.133. The minimum Gasteiger partial charge on any atom is -0.321 e. The summed E-state index contributed by atoms with van der Waals surface area (Å²) in [5, 5.41) is 1.94. The smallest absolute Gasteiger partial charge is 0.321 e. The summed E-state index contributed by atoms with van der Waals surface area (Å²) < 4.78 is 38.1. The zero-order chi connectivity index (χ0) is 17.2. The molecule has 0 bridgehead atoms. The molecule has 2 rings (SSSR count). The number of nitrogens with one attached hydrogen (secondary N) is 2. The van der Waals surface area contributed by atoms with Crippen molar-refractivity contribution < 1.29 is 22.8 Å². The monoisotopic (exact) mass is 324 g/mol. The van der Waals surface area contributed by atoms with Crippen molar-refractivity contribution in [1.82, 2.24) is 10.3 Å². The fourth-order valence-corrected chi connectivity index (χ4v) is 1.91. The van der Waals surface area contributed by atoms with Gasteiger partial charge in [0.2, 0.25) is 5.91 Å². The van der Waals surface area contributed by atoms with Gasteiger partial charge < -0.3 is 4.98 Å². The van der Waals surface area contributed by atoms with Gasteiger partial charge >= 0.3 is 6.18 Å². The van der Waals surface area contributed by atoms with Gasteiger partial charge in [0.1, 0.15) is 5.56 Å². The van der Waals surface area contributed by atoms with Gasteiger partial charge in [0, 0.05) is 12.6 Å². The average Bonchev–Trinajstić information content (AvgIpc) is 2.45. The number of alkyl halides is 3. The van der Waals surface area contributed by atoms with E-state index in [9.17, 15) is 27.6 Å². The molecule has 2 aromatic rings. The summed E-state index contributed by atoms with van der Waals surface area (Å²) in [6.45, 7) is 1.11. The lowest BCUT2D eigenvalue weighted by atomic mass is 10.1. The van der Waals surface area contributed by atoms with E-state index in [0.717, 1.165) is 25.1 Å². The third kappa shape index (κ3) is 3.85. The van der Waals surface area contributed by atoms with Crippen molar-refractivity contribution >= 4 is 11.8 Å². The molecule has 5 nitrogen and oxygen atoms in total. The van der Waals surface area contributed by atoms with Crippen LogP contribution in [0, 0.1) is 0 Å². The average molecular weight is 324 g/mol. The van der Waals surface area contributed by atoms with Crippen LogP contribution in [0.5, 0.6) is 0 Å². The van der Waals surface area contributed by atoms with Crippen molar-refractivity contribution in [2.24, 2.45) is 0 Å². The zero-order valence-electron chi connectivity index (χ0n) is 11.8. The van der Waals surface area contributed by atoms with Crippen LogP contribution in [0.3, 0.4) is 0 Å². The Hall–Kier alpha value is -2.90.